The van der Waals surface area contributed by atoms with E-state index in [4.69, 9.17) is 4.74 Å². The van der Waals surface area contributed by atoms with Crippen LogP contribution in [0.5, 0.6) is 5.75 Å². The van der Waals surface area contributed by atoms with Crippen molar-refractivity contribution < 1.29 is 22.7 Å². The van der Waals surface area contributed by atoms with Crippen molar-refractivity contribution in [2.24, 2.45) is 0 Å². The first kappa shape index (κ1) is 12.5. The summed E-state index contributed by atoms with van der Waals surface area (Å²) in [6.07, 6.45) is -5.38. The molecule has 18 heavy (non-hydrogen) atoms. The van der Waals surface area contributed by atoms with Crippen molar-refractivity contribution in [3.63, 3.8) is 0 Å². The molecule has 0 aliphatic carbocycles. The standard InChI is InChI=1S/C11H11F3N2O2/c12-11(13,14)6-16-10(17)9-5-15-7-3-1-2-4-8(7)18-9/h1-4,9,15H,5-6H2,(H,16,17). The molecule has 0 radical (unpaired) electrons. The fourth-order valence-corrected chi connectivity index (χ4v) is 1.56. The minimum atomic E-state index is -4.42. The van der Waals surface area contributed by atoms with Crippen LogP contribution in [0, 0.1) is 0 Å². The Kier molecular flexibility index (Phi) is 3.31. The molecule has 0 saturated carbocycles. The third kappa shape index (κ3) is 3.06. The number of amides is 1. The van der Waals surface area contributed by atoms with Gasteiger partial charge in [0.2, 0.25) is 0 Å². The molecule has 1 aliphatic heterocycles. The van der Waals surface area contributed by atoms with E-state index in [-0.39, 0.29) is 6.54 Å². The van der Waals surface area contributed by atoms with E-state index in [0.29, 0.717) is 5.75 Å². The van der Waals surface area contributed by atoms with Gasteiger partial charge in [0.25, 0.3) is 5.91 Å². The van der Waals surface area contributed by atoms with Crippen LogP contribution < -0.4 is 15.4 Å². The maximum Gasteiger partial charge on any atom is 0.405 e. The minimum Gasteiger partial charge on any atom is -0.477 e. The average Bonchev–Trinajstić information content (AvgIpc) is 2.34. The molecule has 0 aromatic heterocycles. The number of ether oxygens (including phenoxy) is 1. The van der Waals surface area contributed by atoms with E-state index < -0.39 is 24.7 Å². The molecule has 2 N–H and O–H groups in total. The summed E-state index contributed by atoms with van der Waals surface area (Å²) in [5, 5.41) is 4.72. The van der Waals surface area contributed by atoms with Gasteiger partial charge in [0.1, 0.15) is 12.3 Å². The Morgan fingerprint density at radius 2 is 2.17 bits per heavy atom. The topological polar surface area (TPSA) is 50.4 Å². The Balaban J connectivity index is 1.95. The number of anilines is 1. The quantitative estimate of drug-likeness (QED) is 0.848. The Bertz CT molecular complexity index is 448. The number of alkyl halides is 3. The predicted octanol–water partition coefficient (Wildman–Crippen LogP) is 1.54. The normalized spacial score (nSPS) is 18.3. The highest BCUT2D eigenvalue weighted by atomic mass is 19.4. The minimum absolute atomic E-state index is 0.140. The molecule has 0 fully saturated rings. The molecule has 0 bridgehead atoms. The van der Waals surface area contributed by atoms with Crippen LogP contribution in [-0.4, -0.2) is 31.3 Å². The number of nitrogens with one attached hydrogen (secondary N) is 2. The number of fused-ring (bicyclic) bond motifs is 1. The maximum atomic E-state index is 12.0. The molecule has 4 nitrogen and oxygen atoms in total. The van der Waals surface area contributed by atoms with Gasteiger partial charge in [-0.2, -0.15) is 13.2 Å². The summed E-state index contributed by atoms with van der Waals surface area (Å²) in [5.74, 6) is -0.328. The molecule has 1 unspecified atom stereocenters. The van der Waals surface area contributed by atoms with Crippen molar-refractivity contribution in [2.45, 2.75) is 12.3 Å². The van der Waals surface area contributed by atoms with Crippen molar-refractivity contribution in [3.05, 3.63) is 24.3 Å². The zero-order valence-electron chi connectivity index (χ0n) is 9.25. The number of hydrogen-bond donors (Lipinski definition) is 2. The van der Waals surface area contributed by atoms with Crippen LogP contribution in [0.1, 0.15) is 0 Å². The van der Waals surface area contributed by atoms with Gasteiger partial charge in [0.15, 0.2) is 6.10 Å². The molecule has 1 heterocycles. The van der Waals surface area contributed by atoms with E-state index >= 15 is 0 Å². The van der Waals surface area contributed by atoms with Crippen molar-refractivity contribution >= 4 is 11.6 Å². The Labute approximate surface area is 101 Å². The fourth-order valence-electron chi connectivity index (χ4n) is 1.56. The molecule has 2 rings (SSSR count). The van der Waals surface area contributed by atoms with Gasteiger partial charge in [0, 0.05) is 0 Å². The first-order chi connectivity index (χ1) is 8.46. The lowest BCUT2D eigenvalue weighted by Gasteiger charge is -2.26. The van der Waals surface area contributed by atoms with Crippen LogP contribution in [-0.2, 0) is 4.79 Å². The first-order valence-electron chi connectivity index (χ1n) is 5.30. The monoisotopic (exact) mass is 260 g/mol. The fraction of sp³-hybridized carbons (Fsp3) is 0.364. The summed E-state index contributed by atoms with van der Waals surface area (Å²) in [6.45, 7) is -1.21. The molecule has 0 saturated heterocycles. The molecule has 1 atom stereocenters. The van der Waals surface area contributed by atoms with E-state index in [1.54, 1.807) is 29.6 Å². The largest absolute Gasteiger partial charge is 0.477 e. The zero-order chi connectivity index (χ0) is 13.2. The summed E-state index contributed by atoms with van der Waals surface area (Å²) in [6, 6.07) is 6.92. The average molecular weight is 260 g/mol. The zero-order valence-corrected chi connectivity index (χ0v) is 9.25. The lowest BCUT2D eigenvalue weighted by molar-refractivity contribution is -0.142. The van der Waals surface area contributed by atoms with Crippen LogP contribution in [0.15, 0.2) is 24.3 Å². The van der Waals surface area contributed by atoms with Crippen molar-refractivity contribution in [2.75, 3.05) is 18.4 Å². The third-order valence-corrected chi connectivity index (χ3v) is 2.39. The van der Waals surface area contributed by atoms with Gasteiger partial charge in [-0.05, 0) is 12.1 Å². The predicted molar refractivity (Wildman–Crippen MR) is 58.4 cm³/mol. The molecule has 1 aromatic carbocycles. The summed E-state index contributed by atoms with van der Waals surface area (Å²) in [4.78, 5) is 11.5. The van der Waals surface area contributed by atoms with Gasteiger partial charge in [0.05, 0.1) is 12.2 Å². The summed E-state index contributed by atoms with van der Waals surface area (Å²) in [5.41, 5.74) is 0.720. The lowest BCUT2D eigenvalue weighted by atomic mass is 10.2. The van der Waals surface area contributed by atoms with E-state index in [0.717, 1.165) is 5.69 Å². The number of hydrogen-bond acceptors (Lipinski definition) is 3. The van der Waals surface area contributed by atoms with Crippen molar-refractivity contribution in [1.82, 2.24) is 5.32 Å². The van der Waals surface area contributed by atoms with E-state index in [1.807, 2.05) is 0 Å². The number of carbonyl (C=O) groups excluding carboxylic acids is 1. The first-order valence-corrected chi connectivity index (χ1v) is 5.30. The Hall–Kier alpha value is -1.92. The van der Waals surface area contributed by atoms with Crippen LogP contribution in [0.25, 0.3) is 0 Å². The smallest absolute Gasteiger partial charge is 0.405 e. The molecular weight excluding hydrogens is 249 g/mol. The molecule has 1 aromatic rings. The second-order valence-corrected chi connectivity index (χ2v) is 3.82. The van der Waals surface area contributed by atoms with Crippen LogP contribution in [0.2, 0.25) is 0 Å². The van der Waals surface area contributed by atoms with Crippen LogP contribution >= 0.6 is 0 Å². The lowest BCUT2D eigenvalue weighted by Crippen LogP contribution is -2.47. The number of benzene rings is 1. The summed E-state index contributed by atoms with van der Waals surface area (Å²) < 4.78 is 41.2. The third-order valence-electron chi connectivity index (χ3n) is 2.39. The van der Waals surface area contributed by atoms with Gasteiger partial charge in [-0.3, -0.25) is 4.79 Å². The highest BCUT2D eigenvalue weighted by Crippen LogP contribution is 2.28. The number of para-hydroxylation sites is 2. The number of halogens is 3. The number of carbonyl (C=O) groups is 1. The van der Waals surface area contributed by atoms with E-state index in [2.05, 4.69) is 5.32 Å². The van der Waals surface area contributed by atoms with Gasteiger partial charge < -0.3 is 15.4 Å². The molecular formula is C11H11F3N2O2. The highest BCUT2D eigenvalue weighted by Gasteiger charge is 2.31. The highest BCUT2D eigenvalue weighted by molar-refractivity contribution is 5.83. The maximum absolute atomic E-state index is 12.0. The summed E-state index contributed by atoms with van der Waals surface area (Å²) in [7, 11) is 0. The second-order valence-electron chi connectivity index (χ2n) is 3.82. The molecule has 7 heteroatoms. The van der Waals surface area contributed by atoms with Crippen molar-refractivity contribution in [1.29, 1.82) is 0 Å². The van der Waals surface area contributed by atoms with E-state index in [9.17, 15) is 18.0 Å². The van der Waals surface area contributed by atoms with Crippen LogP contribution in [0.4, 0.5) is 18.9 Å². The Morgan fingerprint density at radius 3 is 2.89 bits per heavy atom. The van der Waals surface area contributed by atoms with Gasteiger partial charge in [-0.15, -0.1) is 0 Å². The van der Waals surface area contributed by atoms with Gasteiger partial charge in [-0.25, -0.2) is 0 Å². The van der Waals surface area contributed by atoms with E-state index in [1.165, 1.54) is 0 Å². The summed E-state index contributed by atoms with van der Waals surface area (Å²) >= 11 is 0. The number of rotatable bonds is 2. The van der Waals surface area contributed by atoms with Crippen LogP contribution in [0.3, 0.4) is 0 Å². The SMILES string of the molecule is O=C(NCC(F)(F)F)C1CNc2ccccc2O1. The Morgan fingerprint density at radius 1 is 1.44 bits per heavy atom. The molecule has 1 amide bonds. The van der Waals surface area contributed by atoms with Gasteiger partial charge >= 0.3 is 6.18 Å². The molecule has 0 spiro atoms. The second kappa shape index (κ2) is 4.75. The molecule has 98 valence electrons. The molecule has 1 aliphatic rings. The van der Waals surface area contributed by atoms with Gasteiger partial charge in [-0.1, -0.05) is 12.1 Å². The van der Waals surface area contributed by atoms with Crippen molar-refractivity contribution in [3.8, 4) is 5.75 Å².